The van der Waals surface area contributed by atoms with Gasteiger partial charge in [-0.2, -0.15) is 0 Å². The Balaban J connectivity index is 2.43. The number of aromatic carboxylic acids is 1. The SMILES string of the molecule is COC(c1ccccc1)c1ncc(C(=O)O)c(=O)[nH]1. The van der Waals surface area contributed by atoms with Gasteiger partial charge in [-0.25, -0.2) is 9.78 Å². The van der Waals surface area contributed by atoms with Gasteiger partial charge < -0.3 is 14.8 Å². The van der Waals surface area contributed by atoms with E-state index in [0.29, 0.717) is 0 Å². The molecular weight excluding hydrogens is 248 g/mol. The predicted molar refractivity (Wildman–Crippen MR) is 67.1 cm³/mol. The van der Waals surface area contributed by atoms with Crippen molar-refractivity contribution in [3.63, 3.8) is 0 Å². The van der Waals surface area contributed by atoms with Crippen molar-refractivity contribution in [2.75, 3.05) is 7.11 Å². The molecule has 19 heavy (non-hydrogen) atoms. The summed E-state index contributed by atoms with van der Waals surface area (Å²) in [6, 6.07) is 9.20. The van der Waals surface area contributed by atoms with Crippen LogP contribution in [-0.4, -0.2) is 28.2 Å². The number of carboxylic acid groups (broad SMARTS) is 1. The third-order valence-electron chi connectivity index (χ3n) is 2.64. The third-order valence-corrected chi connectivity index (χ3v) is 2.64. The number of aromatic amines is 1. The van der Waals surface area contributed by atoms with E-state index in [2.05, 4.69) is 9.97 Å². The van der Waals surface area contributed by atoms with Crippen LogP contribution in [0.3, 0.4) is 0 Å². The summed E-state index contributed by atoms with van der Waals surface area (Å²) in [5.74, 6) is -1.04. The highest BCUT2D eigenvalue weighted by atomic mass is 16.5. The Labute approximate surface area is 108 Å². The summed E-state index contributed by atoms with van der Waals surface area (Å²) in [6.07, 6.45) is 0.489. The molecule has 0 aliphatic rings. The molecule has 6 nitrogen and oxygen atoms in total. The molecule has 1 aromatic heterocycles. The monoisotopic (exact) mass is 260 g/mol. The van der Waals surface area contributed by atoms with Gasteiger partial charge in [-0.05, 0) is 5.56 Å². The quantitative estimate of drug-likeness (QED) is 0.861. The molecule has 0 aliphatic carbocycles. The molecule has 2 aromatic rings. The molecule has 98 valence electrons. The van der Waals surface area contributed by atoms with Crippen molar-refractivity contribution in [3.05, 3.63) is 63.8 Å². The number of hydrogen-bond acceptors (Lipinski definition) is 4. The molecule has 0 saturated carbocycles. The number of hydrogen-bond donors (Lipinski definition) is 2. The first-order chi connectivity index (χ1) is 9.13. The van der Waals surface area contributed by atoms with Crippen LogP contribution in [0.4, 0.5) is 0 Å². The Bertz CT molecular complexity index is 637. The van der Waals surface area contributed by atoms with Gasteiger partial charge in [0.25, 0.3) is 5.56 Å². The maximum absolute atomic E-state index is 11.6. The number of benzene rings is 1. The summed E-state index contributed by atoms with van der Waals surface area (Å²) in [5.41, 5.74) is -0.279. The summed E-state index contributed by atoms with van der Waals surface area (Å²) in [4.78, 5) is 28.7. The highest BCUT2D eigenvalue weighted by Gasteiger charge is 2.18. The molecular formula is C13H12N2O4. The molecule has 1 unspecified atom stereocenters. The van der Waals surface area contributed by atoms with Crippen LogP contribution in [0, 0.1) is 0 Å². The van der Waals surface area contributed by atoms with Crippen LogP contribution in [0.2, 0.25) is 0 Å². The number of nitrogens with zero attached hydrogens (tertiary/aromatic N) is 1. The first kappa shape index (κ1) is 13.0. The zero-order chi connectivity index (χ0) is 13.8. The van der Waals surface area contributed by atoms with E-state index in [-0.39, 0.29) is 5.82 Å². The summed E-state index contributed by atoms with van der Waals surface area (Å²) in [7, 11) is 1.49. The molecule has 1 heterocycles. The predicted octanol–water partition coefficient (Wildman–Crippen LogP) is 1.20. The molecule has 0 amide bonds. The van der Waals surface area contributed by atoms with Gasteiger partial charge in [0.1, 0.15) is 17.5 Å². The highest BCUT2D eigenvalue weighted by Crippen LogP contribution is 2.21. The average Bonchev–Trinajstić information content (AvgIpc) is 2.40. The fourth-order valence-electron chi connectivity index (χ4n) is 1.73. The Morgan fingerprint density at radius 3 is 2.58 bits per heavy atom. The zero-order valence-corrected chi connectivity index (χ0v) is 10.2. The first-order valence-corrected chi connectivity index (χ1v) is 5.53. The molecule has 0 bridgehead atoms. The fraction of sp³-hybridized carbons (Fsp3) is 0.154. The van der Waals surface area contributed by atoms with Crippen molar-refractivity contribution in [1.82, 2.24) is 9.97 Å². The van der Waals surface area contributed by atoms with Crippen molar-refractivity contribution in [2.45, 2.75) is 6.10 Å². The number of aromatic nitrogens is 2. The van der Waals surface area contributed by atoms with Crippen LogP contribution in [0.5, 0.6) is 0 Å². The Hall–Kier alpha value is -2.47. The van der Waals surface area contributed by atoms with Gasteiger partial charge in [-0.15, -0.1) is 0 Å². The van der Waals surface area contributed by atoms with Crippen molar-refractivity contribution in [1.29, 1.82) is 0 Å². The van der Waals surface area contributed by atoms with Gasteiger partial charge in [0, 0.05) is 13.3 Å². The van der Waals surface area contributed by atoms with Crippen molar-refractivity contribution in [3.8, 4) is 0 Å². The minimum atomic E-state index is -1.31. The van der Waals surface area contributed by atoms with E-state index >= 15 is 0 Å². The van der Waals surface area contributed by atoms with Gasteiger partial charge in [0.05, 0.1) is 0 Å². The topological polar surface area (TPSA) is 92.3 Å². The lowest BCUT2D eigenvalue weighted by molar-refractivity contribution is 0.0693. The van der Waals surface area contributed by atoms with Crippen molar-refractivity contribution >= 4 is 5.97 Å². The van der Waals surface area contributed by atoms with Gasteiger partial charge in [-0.3, -0.25) is 4.79 Å². The molecule has 1 atom stereocenters. The maximum atomic E-state index is 11.6. The standard InChI is InChI=1S/C13H12N2O4/c1-19-10(8-5-3-2-4-6-8)11-14-7-9(13(17)18)12(16)15-11/h2-7,10H,1H3,(H,17,18)(H,14,15,16). The van der Waals surface area contributed by atoms with Crippen LogP contribution < -0.4 is 5.56 Å². The number of nitrogens with one attached hydrogen (secondary N) is 1. The summed E-state index contributed by atoms with van der Waals surface area (Å²) < 4.78 is 5.30. The lowest BCUT2D eigenvalue weighted by atomic mass is 10.1. The van der Waals surface area contributed by atoms with E-state index in [0.717, 1.165) is 11.8 Å². The Morgan fingerprint density at radius 1 is 1.37 bits per heavy atom. The average molecular weight is 260 g/mol. The molecule has 0 aliphatic heterocycles. The van der Waals surface area contributed by atoms with E-state index in [1.165, 1.54) is 7.11 Å². The van der Waals surface area contributed by atoms with Crippen LogP contribution in [0.25, 0.3) is 0 Å². The van der Waals surface area contributed by atoms with Crippen LogP contribution in [0.1, 0.15) is 27.8 Å². The number of carboxylic acids is 1. The second-order valence-electron chi connectivity index (χ2n) is 3.84. The van der Waals surface area contributed by atoms with Crippen molar-refractivity contribution < 1.29 is 14.6 Å². The Morgan fingerprint density at radius 2 is 2.05 bits per heavy atom. The van der Waals surface area contributed by atoms with E-state index in [1.54, 1.807) is 0 Å². The van der Waals surface area contributed by atoms with Gasteiger partial charge >= 0.3 is 5.97 Å². The van der Waals surface area contributed by atoms with Gasteiger partial charge in [0.2, 0.25) is 0 Å². The second kappa shape index (κ2) is 5.45. The number of ether oxygens (including phenoxy) is 1. The molecule has 2 N–H and O–H groups in total. The maximum Gasteiger partial charge on any atom is 0.342 e. The van der Waals surface area contributed by atoms with E-state index in [9.17, 15) is 9.59 Å². The van der Waals surface area contributed by atoms with Crippen LogP contribution in [-0.2, 0) is 4.74 Å². The summed E-state index contributed by atoms with van der Waals surface area (Å²) in [5, 5.41) is 8.78. The normalized spacial score (nSPS) is 12.1. The molecule has 0 fully saturated rings. The smallest absolute Gasteiger partial charge is 0.342 e. The largest absolute Gasteiger partial charge is 0.477 e. The van der Waals surface area contributed by atoms with E-state index < -0.39 is 23.2 Å². The highest BCUT2D eigenvalue weighted by molar-refractivity contribution is 5.86. The summed E-state index contributed by atoms with van der Waals surface area (Å²) >= 11 is 0. The fourth-order valence-corrected chi connectivity index (χ4v) is 1.73. The molecule has 1 aromatic carbocycles. The van der Waals surface area contributed by atoms with Crippen LogP contribution in [0.15, 0.2) is 41.3 Å². The number of carbonyl (C=O) groups is 1. The lowest BCUT2D eigenvalue weighted by Crippen LogP contribution is -2.22. The minimum absolute atomic E-state index is 0.267. The molecule has 2 rings (SSSR count). The molecule has 0 saturated heterocycles. The zero-order valence-electron chi connectivity index (χ0n) is 10.2. The van der Waals surface area contributed by atoms with Crippen molar-refractivity contribution in [2.24, 2.45) is 0 Å². The number of H-pyrrole nitrogens is 1. The number of rotatable bonds is 4. The second-order valence-corrected chi connectivity index (χ2v) is 3.84. The summed E-state index contributed by atoms with van der Waals surface area (Å²) in [6.45, 7) is 0. The van der Waals surface area contributed by atoms with Crippen LogP contribution >= 0.6 is 0 Å². The third kappa shape index (κ3) is 2.69. The molecule has 0 radical (unpaired) electrons. The van der Waals surface area contributed by atoms with E-state index in [4.69, 9.17) is 9.84 Å². The minimum Gasteiger partial charge on any atom is -0.477 e. The molecule has 6 heteroatoms. The Kier molecular flexibility index (Phi) is 3.72. The number of methoxy groups -OCH3 is 1. The lowest BCUT2D eigenvalue weighted by Gasteiger charge is -2.14. The van der Waals surface area contributed by atoms with Gasteiger partial charge in [0.15, 0.2) is 0 Å². The first-order valence-electron chi connectivity index (χ1n) is 5.53. The van der Waals surface area contributed by atoms with E-state index in [1.807, 2.05) is 30.3 Å². The van der Waals surface area contributed by atoms with Gasteiger partial charge in [-0.1, -0.05) is 30.3 Å². The molecule has 0 spiro atoms.